The van der Waals surface area contributed by atoms with E-state index in [9.17, 15) is 5.11 Å². The van der Waals surface area contributed by atoms with Crippen molar-refractivity contribution in [3.63, 3.8) is 0 Å². The van der Waals surface area contributed by atoms with Crippen LogP contribution < -0.4 is 10.5 Å². The van der Waals surface area contributed by atoms with Gasteiger partial charge in [-0.3, -0.25) is 0 Å². The maximum absolute atomic E-state index is 9.41. The van der Waals surface area contributed by atoms with Gasteiger partial charge < -0.3 is 20.5 Å². The van der Waals surface area contributed by atoms with E-state index in [1.54, 1.807) is 0 Å². The zero-order chi connectivity index (χ0) is 12.8. The Bertz CT molecular complexity index is 371. The predicted molar refractivity (Wildman–Crippen MR) is 71.5 cm³/mol. The Morgan fingerprint density at radius 1 is 1.44 bits per heavy atom. The van der Waals surface area contributed by atoms with E-state index < -0.39 is 0 Å². The molecule has 4 heteroatoms. The maximum atomic E-state index is 9.41. The van der Waals surface area contributed by atoms with Crippen LogP contribution in [-0.2, 0) is 6.54 Å². The summed E-state index contributed by atoms with van der Waals surface area (Å²) in [4.78, 5) is 2.28. The maximum Gasteiger partial charge on any atom is 0.119 e. The fourth-order valence-corrected chi connectivity index (χ4v) is 2.26. The Morgan fingerprint density at radius 2 is 2.33 bits per heavy atom. The summed E-state index contributed by atoms with van der Waals surface area (Å²) in [5.41, 5.74) is 6.68. The molecule has 0 amide bonds. The van der Waals surface area contributed by atoms with Crippen molar-refractivity contribution in [1.29, 1.82) is 0 Å². The minimum atomic E-state index is -0.132. The normalized spacial score (nSPS) is 20.2. The summed E-state index contributed by atoms with van der Waals surface area (Å²) in [6, 6.07) is 7.91. The first-order valence-electron chi connectivity index (χ1n) is 6.60. The lowest BCUT2D eigenvalue weighted by molar-refractivity contribution is 0.173. The van der Waals surface area contributed by atoms with Gasteiger partial charge in [-0.1, -0.05) is 12.1 Å². The van der Waals surface area contributed by atoms with Crippen molar-refractivity contribution in [3.05, 3.63) is 29.8 Å². The van der Waals surface area contributed by atoms with Crippen LogP contribution in [0.3, 0.4) is 0 Å². The number of aliphatic hydroxyl groups excluding tert-OH is 1. The molecule has 0 spiro atoms. The van der Waals surface area contributed by atoms with Gasteiger partial charge in [0.2, 0.25) is 0 Å². The van der Waals surface area contributed by atoms with Gasteiger partial charge in [0.05, 0.1) is 12.7 Å². The number of hydrogen-bond acceptors (Lipinski definition) is 4. The molecule has 1 aromatic carbocycles. The second-order valence-electron chi connectivity index (χ2n) is 4.80. The fraction of sp³-hybridized carbons (Fsp3) is 0.571. The Balaban J connectivity index is 1.65. The topological polar surface area (TPSA) is 58.7 Å². The van der Waals surface area contributed by atoms with E-state index in [2.05, 4.69) is 4.90 Å². The number of rotatable bonds is 6. The molecule has 0 saturated carbocycles. The van der Waals surface area contributed by atoms with Crippen LogP contribution in [0.5, 0.6) is 5.75 Å². The molecule has 1 fully saturated rings. The largest absolute Gasteiger partial charge is 0.494 e. The molecule has 1 heterocycles. The Morgan fingerprint density at radius 3 is 3.06 bits per heavy atom. The first-order chi connectivity index (χ1) is 8.78. The van der Waals surface area contributed by atoms with Gasteiger partial charge in [-0.15, -0.1) is 0 Å². The summed E-state index contributed by atoms with van der Waals surface area (Å²) in [6.07, 6.45) is 1.76. The van der Waals surface area contributed by atoms with Crippen LogP contribution in [0.25, 0.3) is 0 Å². The molecule has 1 aliphatic heterocycles. The molecule has 1 atom stereocenters. The lowest BCUT2D eigenvalue weighted by atomic mass is 10.2. The van der Waals surface area contributed by atoms with Crippen LogP contribution >= 0.6 is 0 Å². The highest BCUT2D eigenvalue weighted by Crippen LogP contribution is 2.13. The Labute approximate surface area is 108 Å². The number of likely N-dealkylation sites (tertiary alicyclic amines) is 1. The van der Waals surface area contributed by atoms with E-state index in [-0.39, 0.29) is 6.10 Å². The van der Waals surface area contributed by atoms with Crippen LogP contribution in [0.15, 0.2) is 24.3 Å². The van der Waals surface area contributed by atoms with Crippen LogP contribution in [-0.4, -0.2) is 42.4 Å². The number of β-amino-alcohol motifs (C(OH)–C–C–N with tert-alkyl or cyclic N) is 1. The molecule has 3 N–H and O–H groups in total. The number of hydrogen-bond donors (Lipinski definition) is 2. The lowest BCUT2D eigenvalue weighted by Gasteiger charge is -2.14. The van der Waals surface area contributed by atoms with Gasteiger partial charge in [0.15, 0.2) is 0 Å². The van der Waals surface area contributed by atoms with Gasteiger partial charge in [-0.25, -0.2) is 0 Å². The third-order valence-corrected chi connectivity index (χ3v) is 3.27. The molecule has 0 radical (unpaired) electrons. The minimum absolute atomic E-state index is 0.132. The van der Waals surface area contributed by atoms with Gasteiger partial charge >= 0.3 is 0 Å². The van der Waals surface area contributed by atoms with Crippen molar-refractivity contribution in [3.8, 4) is 5.75 Å². The van der Waals surface area contributed by atoms with Crippen molar-refractivity contribution < 1.29 is 9.84 Å². The van der Waals surface area contributed by atoms with E-state index in [1.807, 2.05) is 24.3 Å². The highest BCUT2D eigenvalue weighted by atomic mass is 16.5. The van der Waals surface area contributed by atoms with Crippen LogP contribution in [0, 0.1) is 0 Å². The number of nitrogens with zero attached hydrogens (tertiary/aromatic N) is 1. The number of nitrogens with two attached hydrogens (primary N) is 1. The predicted octanol–water partition coefficient (Wildman–Crippen LogP) is 0.981. The zero-order valence-corrected chi connectivity index (χ0v) is 10.7. The minimum Gasteiger partial charge on any atom is -0.494 e. The summed E-state index contributed by atoms with van der Waals surface area (Å²) in [6.45, 7) is 4.06. The van der Waals surface area contributed by atoms with Crippen LogP contribution in [0.4, 0.5) is 0 Å². The van der Waals surface area contributed by atoms with E-state index in [4.69, 9.17) is 10.5 Å². The third kappa shape index (κ3) is 3.98. The number of benzene rings is 1. The first-order valence-corrected chi connectivity index (χ1v) is 6.60. The molecule has 1 aromatic rings. The summed E-state index contributed by atoms with van der Waals surface area (Å²) < 4.78 is 5.69. The smallest absolute Gasteiger partial charge is 0.119 e. The average Bonchev–Trinajstić information content (AvgIpc) is 2.81. The Kier molecular flexibility index (Phi) is 4.99. The summed E-state index contributed by atoms with van der Waals surface area (Å²) in [5.74, 6) is 0.888. The first kappa shape index (κ1) is 13.3. The van der Waals surface area contributed by atoms with Gasteiger partial charge in [0.25, 0.3) is 0 Å². The second-order valence-corrected chi connectivity index (χ2v) is 4.80. The number of aliphatic hydroxyl groups is 1. The molecule has 18 heavy (non-hydrogen) atoms. The summed E-state index contributed by atoms with van der Waals surface area (Å²) in [5, 5.41) is 9.41. The summed E-state index contributed by atoms with van der Waals surface area (Å²) >= 11 is 0. The molecule has 2 rings (SSSR count). The molecular weight excluding hydrogens is 228 g/mol. The molecule has 100 valence electrons. The zero-order valence-electron chi connectivity index (χ0n) is 10.7. The Hall–Kier alpha value is -1.10. The van der Waals surface area contributed by atoms with Crippen molar-refractivity contribution >= 4 is 0 Å². The van der Waals surface area contributed by atoms with Gasteiger partial charge in [0.1, 0.15) is 5.75 Å². The highest BCUT2D eigenvalue weighted by Gasteiger charge is 2.19. The second kappa shape index (κ2) is 6.73. The van der Waals surface area contributed by atoms with E-state index >= 15 is 0 Å². The van der Waals surface area contributed by atoms with E-state index in [0.717, 1.165) is 43.8 Å². The van der Waals surface area contributed by atoms with Gasteiger partial charge in [-0.2, -0.15) is 0 Å². The van der Waals surface area contributed by atoms with Crippen molar-refractivity contribution in [1.82, 2.24) is 4.90 Å². The number of ether oxygens (including phenoxy) is 1. The fourth-order valence-electron chi connectivity index (χ4n) is 2.26. The quantitative estimate of drug-likeness (QED) is 0.739. The molecule has 0 aromatic heterocycles. The molecule has 1 unspecified atom stereocenters. The average molecular weight is 250 g/mol. The monoisotopic (exact) mass is 250 g/mol. The van der Waals surface area contributed by atoms with E-state index in [1.165, 1.54) is 0 Å². The van der Waals surface area contributed by atoms with Crippen LogP contribution in [0.1, 0.15) is 18.4 Å². The molecule has 1 saturated heterocycles. The standard InChI is InChI=1S/C14H22N2O2/c15-10-12-3-1-4-14(9-12)18-8-2-6-16-7-5-13(17)11-16/h1,3-4,9,13,17H,2,5-8,10-11,15H2. The van der Waals surface area contributed by atoms with E-state index in [0.29, 0.717) is 13.2 Å². The van der Waals surface area contributed by atoms with Crippen molar-refractivity contribution in [2.75, 3.05) is 26.2 Å². The van der Waals surface area contributed by atoms with Crippen LogP contribution in [0.2, 0.25) is 0 Å². The summed E-state index contributed by atoms with van der Waals surface area (Å²) in [7, 11) is 0. The molecule has 0 aliphatic carbocycles. The van der Waals surface area contributed by atoms with Crippen molar-refractivity contribution in [2.24, 2.45) is 5.73 Å². The van der Waals surface area contributed by atoms with Crippen molar-refractivity contribution in [2.45, 2.75) is 25.5 Å². The third-order valence-electron chi connectivity index (χ3n) is 3.27. The SMILES string of the molecule is NCc1cccc(OCCCN2CCC(O)C2)c1. The molecule has 0 bridgehead atoms. The van der Waals surface area contributed by atoms with Gasteiger partial charge in [0, 0.05) is 26.2 Å². The molecule has 4 nitrogen and oxygen atoms in total. The molecular formula is C14H22N2O2. The highest BCUT2D eigenvalue weighted by molar-refractivity contribution is 5.28. The van der Waals surface area contributed by atoms with Gasteiger partial charge in [-0.05, 0) is 30.5 Å². The lowest BCUT2D eigenvalue weighted by Crippen LogP contribution is -2.24. The molecule has 1 aliphatic rings.